The van der Waals surface area contributed by atoms with Gasteiger partial charge in [0, 0.05) is 23.0 Å². The van der Waals surface area contributed by atoms with Gasteiger partial charge in [-0.1, -0.05) is 35.9 Å². The fourth-order valence-electron chi connectivity index (χ4n) is 2.25. The van der Waals surface area contributed by atoms with E-state index in [2.05, 4.69) is 0 Å². The van der Waals surface area contributed by atoms with E-state index in [1.807, 2.05) is 24.3 Å². The third-order valence-corrected chi connectivity index (χ3v) is 3.66. The van der Waals surface area contributed by atoms with Gasteiger partial charge in [0.15, 0.2) is 0 Å². The molecule has 0 bridgehead atoms. The Bertz CT molecular complexity index is 658. The van der Waals surface area contributed by atoms with Crippen LogP contribution < -0.4 is 5.73 Å². The zero-order chi connectivity index (χ0) is 16.1. The molecule has 22 heavy (non-hydrogen) atoms. The average molecular weight is 322 g/mol. The summed E-state index contributed by atoms with van der Waals surface area (Å²) >= 11 is 5.90. The highest BCUT2D eigenvalue weighted by Crippen LogP contribution is 2.26. The van der Waals surface area contributed by atoms with Gasteiger partial charge in [0.05, 0.1) is 0 Å². The number of carbonyl (C=O) groups is 1. The van der Waals surface area contributed by atoms with Gasteiger partial charge in [-0.05, 0) is 42.2 Å². The lowest BCUT2D eigenvalue weighted by Gasteiger charge is -2.11. The van der Waals surface area contributed by atoms with Crippen molar-refractivity contribution in [3.63, 3.8) is 0 Å². The van der Waals surface area contributed by atoms with Crippen LogP contribution in [0.3, 0.4) is 0 Å². The third kappa shape index (κ3) is 4.55. The van der Waals surface area contributed by atoms with Crippen LogP contribution >= 0.6 is 11.6 Å². The summed E-state index contributed by atoms with van der Waals surface area (Å²) in [4.78, 5) is 10.5. The highest BCUT2D eigenvalue weighted by Gasteiger charge is 2.09. The molecule has 0 aliphatic rings. The van der Waals surface area contributed by atoms with Crippen molar-refractivity contribution in [3.05, 3.63) is 58.9 Å². The first-order chi connectivity index (χ1) is 10.5. The molecule has 0 radical (unpaired) electrons. The first-order valence-corrected chi connectivity index (χ1v) is 7.35. The first-order valence-electron chi connectivity index (χ1n) is 6.97. The molecular weight excluding hydrogens is 305 g/mol. The van der Waals surface area contributed by atoms with Gasteiger partial charge in [0.1, 0.15) is 5.82 Å². The predicted molar refractivity (Wildman–Crippen MR) is 85.4 cm³/mol. The Balaban J connectivity index is 2.07. The first kappa shape index (κ1) is 16.5. The van der Waals surface area contributed by atoms with Crippen LogP contribution in [-0.4, -0.2) is 17.1 Å². The fourth-order valence-corrected chi connectivity index (χ4v) is 2.42. The molecule has 0 aliphatic carbocycles. The lowest BCUT2D eigenvalue weighted by atomic mass is 9.99. The van der Waals surface area contributed by atoms with Crippen molar-refractivity contribution in [1.29, 1.82) is 0 Å². The maximum absolute atomic E-state index is 13.8. The molecule has 3 N–H and O–H groups in total. The number of halogens is 2. The Morgan fingerprint density at radius 1 is 1.23 bits per heavy atom. The van der Waals surface area contributed by atoms with E-state index in [0.717, 1.165) is 11.1 Å². The number of hydrogen-bond acceptors (Lipinski definition) is 2. The minimum Gasteiger partial charge on any atom is -0.481 e. The minimum absolute atomic E-state index is 0.0625. The molecule has 116 valence electrons. The Morgan fingerprint density at radius 3 is 2.55 bits per heavy atom. The van der Waals surface area contributed by atoms with Gasteiger partial charge in [-0.3, -0.25) is 4.79 Å². The van der Waals surface area contributed by atoms with E-state index < -0.39 is 5.97 Å². The molecule has 1 atom stereocenters. The van der Waals surface area contributed by atoms with Crippen molar-refractivity contribution < 1.29 is 14.3 Å². The molecule has 2 rings (SSSR count). The topological polar surface area (TPSA) is 63.3 Å². The van der Waals surface area contributed by atoms with Crippen LogP contribution in [0.5, 0.6) is 0 Å². The number of carboxylic acid groups (broad SMARTS) is 1. The van der Waals surface area contributed by atoms with E-state index in [1.54, 1.807) is 6.07 Å². The van der Waals surface area contributed by atoms with E-state index in [9.17, 15) is 9.18 Å². The summed E-state index contributed by atoms with van der Waals surface area (Å²) in [6.45, 7) is 0. The molecule has 0 spiro atoms. The summed E-state index contributed by atoms with van der Waals surface area (Å²) in [5.41, 5.74) is 8.09. The third-order valence-electron chi connectivity index (χ3n) is 3.42. The van der Waals surface area contributed by atoms with Gasteiger partial charge in [-0.15, -0.1) is 0 Å². The molecule has 0 unspecified atom stereocenters. The SMILES string of the molecule is N[C@@H](CCC(=O)O)Cc1ccc(-c2cc(Cl)ccc2F)cc1. The summed E-state index contributed by atoms with van der Waals surface area (Å²) in [6, 6.07) is 11.6. The number of hydrogen-bond donors (Lipinski definition) is 2. The lowest BCUT2D eigenvalue weighted by molar-refractivity contribution is -0.137. The molecule has 0 fully saturated rings. The van der Waals surface area contributed by atoms with Gasteiger partial charge in [0.25, 0.3) is 0 Å². The van der Waals surface area contributed by atoms with Gasteiger partial charge >= 0.3 is 5.97 Å². The Labute approximate surface area is 133 Å². The number of rotatable bonds is 6. The highest BCUT2D eigenvalue weighted by atomic mass is 35.5. The molecule has 0 aliphatic heterocycles. The normalized spacial score (nSPS) is 12.1. The van der Waals surface area contributed by atoms with Crippen molar-refractivity contribution in [3.8, 4) is 11.1 Å². The van der Waals surface area contributed by atoms with Crippen molar-refractivity contribution in [2.45, 2.75) is 25.3 Å². The molecule has 5 heteroatoms. The van der Waals surface area contributed by atoms with Crippen molar-refractivity contribution in [2.24, 2.45) is 5.73 Å². The smallest absolute Gasteiger partial charge is 0.303 e. The summed E-state index contributed by atoms with van der Waals surface area (Å²) in [5, 5.41) is 9.12. The number of aliphatic carboxylic acids is 1. The molecule has 2 aromatic carbocycles. The average Bonchev–Trinajstić information content (AvgIpc) is 2.48. The van der Waals surface area contributed by atoms with E-state index in [1.165, 1.54) is 12.1 Å². The molecule has 0 heterocycles. The molecule has 0 aromatic heterocycles. The Morgan fingerprint density at radius 2 is 1.91 bits per heavy atom. The zero-order valence-electron chi connectivity index (χ0n) is 11.9. The van der Waals surface area contributed by atoms with Crippen LogP contribution in [0.25, 0.3) is 11.1 Å². The zero-order valence-corrected chi connectivity index (χ0v) is 12.7. The second-order valence-corrected chi connectivity index (χ2v) is 5.65. The monoisotopic (exact) mass is 321 g/mol. The van der Waals surface area contributed by atoms with Gasteiger partial charge in [0.2, 0.25) is 0 Å². The number of benzene rings is 2. The number of nitrogens with two attached hydrogens (primary N) is 1. The quantitative estimate of drug-likeness (QED) is 0.848. The number of carboxylic acids is 1. The van der Waals surface area contributed by atoms with Crippen molar-refractivity contribution in [2.75, 3.05) is 0 Å². The van der Waals surface area contributed by atoms with Crippen LogP contribution in [0.4, 0.5) is 4.39 Å². The Hall–Kier alpha value is -1.91. The fraction of sp³-hybridized carbons (Fsp3) is 0.235. The summed E-state index contributed by atoms with van der Waals surface area (Å²) in [6.07, 6.45) is 1.08. The molecular formula is C17H17ClFNO2. The molecule has 3 nitrogen and oxygen atoms in total. The van der Waals surface area contributed by atoms with Gasteiger partial charge < -0.3 is 10.8 Å². The van der Waals surface area contributed by atoms with Gasteiger partial charge in [-0.25, -0.2) is 4.39 Å². The lowest BCUT2D eigenvalue weighted by Crippen LogP contribution is -2.23. The van der Waals surface area contributed by atoms with Crippen LogP contribution in [0.1, 0.15) is 18.4 Å². The van der Waals surface area contributed by atoms with E-state index in [-0.39, 0.29) is 18.3 Å². The molecule has 2 aromatic rings. The molecule has 0 amide bonds. The van der Waals surface area contributed by atoms with E-state index in [4.69, 9.17) is 22.4 Å². The highest BCUT2D eigenvalue weighted by molar-refractivity contribution is 6.30. The predicted octanol–water partition coefficient (Wildman–Crippen LogP) is 3.88. The molecule has 0 saturated carbocycles. The second kappa shape index (κ2) is 7.38. The van der Waals surface area contributed by atoms with Crippen molar-refractivity contribution >= 4 is 17.6 Å². The maximum atomic E-state index is 13.8. The minimum atomic E-state index is -0.845. The summed E-state index contributed by atoms with van der Waals surface area (Å²) in [7, 11) is 0. The van der Waals surface area contributed by atoms with Crippen LogP contribution in [0.15, 0.2) is 42.5 Å². The maximum Gasteiger partial charge on any atom is 0.303 e. The summed E-state index contributed by atoms with van der Waals surface area (Å²) in [5.74, 6) is -1.17. The van der Waals surface area contributed by atoms with Crippen molar-refractivity contribution in [1.82, 2.24) is 0 Å². The second-order valence-electron chi connectivity index (χ2n) is 5.22. The van der Waals surface area contributed by atoms with Crippen LogP contribution in [0, 0.1) is 5.82 Å². The van der Waals surface area contributed by atoms with E-state index >= 15 is 0 Å². The largest absolute Gasteiger partial charge is 0.481 e. The standard InChI is InChI=1S/C17H17ClFNO2/c18-13-5-7-16(19)15(10-13)12-3-1-11(2-4-12)9-14(20)6-8-17(21)22/h1-5,7,10,14H,6,8-9,20H2,(H,21,22)/t14-/m0/s1. The Kier molecular flexibility index (Phi) is 5.52. The van der Waals surface area contributed by atoms with E-state index in [0.29, 0.717) is 23.4 Å². The van der Waals surface area contributed by atoms with Gasteiger partial charge in [-0.2, -0.15) is 0 Å². The van der Waals surface area contributed by atoms with Crippen LogP contribution in [-0.2, 0) is 11.2 Å². The summed E-state index contributed by atoms with van der Waals surface area (Å²) < 4.78 is 13.8. The molecule has 0 saturated heterocycles. The van der Waals surface area contributed by atoms with Crippen LogP contribution in [0.2, 0.25) is 5.02 Å².